The highest BCUT2D eigenvalue weighted by molar-refractivity contribution is 7.89. The molecule has 1 aromatic rings. The molecule has 5 nitrogen and oxygen atoms in total. The van der Waals surface area contributed by atoms with Crippen LogP contribution in [-0.4, -0.2) is 27.3 Å². The van der Waals surface area contributed by atoms with Gasteiger partial charge in [0.15, 0.2) is 0 Å². The Bertz CT molecular complexity index is 552. The lowest BCUT2D eigenvalue weighted by Gasteiger charge is -2.09. The summed E-state index contributed by atoms with van der Waals surface area (Å²) in [5, 5.41) is 12.4. The van der Waals surface area contributed by atoms with Gasteiger partial charge < -0.3 is 5.32 Å². The number of rotatable bonds is 6. The number of nitrogens with one attached hydrogen (secondary N) is 2. The molecule has 2 N–H and O–H groups in total. The van der Waals surface area contributed by atoms with Gasteiger partial charge in [-0.3, -0.25) is 0 Å². The van der Waals surface area contributed by atoms with E-state index in [-0.39, 0.29) is 12.3 Å². The molecule has 0 aromatic heterocycles. The third kappa shape index (κ3) is 4.53. The van der Waals surface area contributed by atoms with E-state index in [0.717, 1.165) is 0 Å². The molecular weight excluding hydrogens is 274 g/mol. The van der Waals surface area contributed by atoms with Crippen molar-refractivity contribution in [2.45, 2.75) is 6.92 Å². The van der Waals surface area contributed by atoms with Crippen molar-refractivity contribution in [2.24, 2.45) is 0 Å². The second kappa shape index (κ2) is 6.59. The van der Waals surface area contributed by atoms with Gasteiger partial charge in [0.25, 0.3) is 0 Å². The fourth-order valence-corrected chi connectivity index (χ4v) is 2.06. The zero-order valence-electron chi connectivity index (χ0n) is 9.90. The normalized spacial score (nSPS) is 10.9. The largest absolute Gasteiger partial charge is 0.383 e. The molecule has 0 unspecified atom stereocenters. The predicted molar refractivity (Wildman–Crippen MR) is 72.1 cm³/mol. The van der Waals surface area contributed by atoms with E-state index in [9.17, 15) is 8.42 Å². The van der Waals surface area contributed by atoms with E-state index in [0.29, 0.717) is 22.8 Å². The van der Waals surface area contributed by atoms with Gasteiger partial charge in [-0.1, -0.05) is 11.6 Å². The topological polar surface area (TPSA) is 82.0 Å². The first-order valence-corrected chi connectivity index (χ1v) is 7.42. The molecule has 1 rings (SSSR count). The van der Waals surface area contributed by atoms with E-state index in [1.54, 1.807) is 25.1 Å². The molecule has 0 spiro atoms. The van der Waals surface area contributed by atoms with E-state index >= 15 is 0 Å². The first kappa shape index (κ1) is 14.8. The molecule has 0 heterocycles. The molecule has 18 heavy (non-hydrogen) atoms. The first-order chi connectivity index (χ1) is 8.48. The zero-order valence-corrected chi connectivity index (χ0v) is 11.5. The molecule has 0 aliphatic heterocycles. The van der Waals surface area contributed by atoms with Gasteiger partial charge >= 0.3 is 0 Å². The molecule has 0 aliphatic carbocycles. The van der Waals surface area contributed by atoms with Crippen molar-refractivity contribution >= 4 is 27.3 Å². The first-order valence-electron chi connectivity index (χ1n) is 5.39. The molecule has 1 aromatic carbocycles. The zero-order chi connectivity index (χ0) is 13.6. The third-order valence-electron chi connectivity index (χ3n) is 2.24. The van der Waals surface area contributed by atoms with Crippen molar-refractivity contribution in [1.82, 2.24) is 4.72 Å². The SMILES string of the molecule is CCS(=O)(=O)NCCNc1ccc(Cl)cc1C#N. The summed E-state index contributed by atoms with van der Waals surface area (Å²) >= 11 is 5.76. The van der Waals surface area contributed by atoms with Gasteiger partial charge in [-0.05, 0) is 25.1 Å². The van der Waals surface area contributed by atoms with Crippen LogP contribution in [0.15, 0.2) is 18.2 Å². The summed E-state index contributed by atoms with van der Waals surface area (Å²) in [7, 11) is -3.17. The summed E-state index contributed by atoms with van der Waals surface area (Å²) < 4.78 is 24.8. The Morgan fingerprint density at radius 1 is 1.39 bits per heavy atom. The van der Waals surface area contributed by atoms with Gasteiger partial charge in [0, 0.05) is 18.1 Å². The monoisotopic (exact) mass is 287 g/mol. The average Bonchev–Trinajstić information content (AvgIpc) is 2.36. The van der Waals surface area contributed by atoms with Crippen LogP contribution in [0.4, 0.5) is 5.69 Å². The second-order valence-electron chi connectivity index (χ2n) is 3.53. The van der Waals surface area contributed by atoms with Crippen LogP contribution in [0.25, 0.3) is 0 Å². The van der Waals surface area contributed by atoms with Gasteiger partial charge in [-0.15, -0.1) is 0 Å². The molecular formula is C11H14ClN3O2S. The molecule has 0 saturated carbocycles. The second-order valence-corrected chi connectivity index (χ2v) is 6.06. The maximum absolute atomic E-state index is 11.2. The van der Waals surface area contributed by atoms with E-state index in [1.165, 1.54) is 0 Å². The highest BCUT2D eigenvalue weighted by Crippen LogP contribution is 2.19. The molecule has 7 heteroatoms. The van der Waals surface area contributed by atoms with Crippen molar-refractivity contribution in [1.29, 1.82) is 5.26 Å². The van der Waals surface area contributed by atoms with E-state index < -0.39 is 10.0 Å². The van der Waals surface area contributed by atoms with Crippen LogP contribution in [0.3, 0.4) is 0 Å². The number of nitrogens with zero attached hydrogens (tertiary/aromatic N) is 1. The highest BCUT2D eigenvalue weighted by Gasteiger charge is 2.05. The number of hydrogen-bond donors (Lipinski definition) is 2. The predicted octanol–water partition coefficient (Wildman–Crippen LogP) is 1.56. The minimum atomic E-state index is -3.17. The van der Waals surface area contributed by atoms with Crippen LogP contribution >= 0.6 is 11.6 Å². The molecule has 0 amide bonds. The van der Waals surface area contributed by atoms with Crippen LogP contribution in [-0.2, 0) is 10.0 Å². The molecule has 0 atom stereocenters. The lowest BCUT2D eigenvalue weighted by Crippen LogP contribution is -2.30. The standard InChI is InChI=1S/C11H14ClN3O2S/c1-2-18(16,17)15-6-5-14-11-4-3-10(12)7-9(11)8-13/h3-4,7,14-15H,2,5-6H2,1H3. The molecule has 0 aliphatic rings. The number of sulfonamides is 1. The smallest absolute Gasteiger partial charge is 0.211 e. The summed E-state index contributed by atoms with van der Waals surface area (Å²) in [6.07, 6.45) is 0. The fourth-order valence-electron chi connectivity index (χ4n) is 1.27. The fraction of sp³-hybridized carbons (Fsp3) is 0.364. The van der Waals surface area contributed by atoms with Crippen LogP contribution < -0.4 is 10.0 Å². The molecule has 0 bridgehead atoms. The Kier molecular flexibility index (Phi) is 5.41. The quantitative estimate of drug-likeness (QED) is 0.778. The van der Waals surface area contributed by atoms with Crippen molar-refractivity contribution in [3.63, 3.8) is 0 Å². The van der Waals surface area contributed by atoms with Crippen molar-refractivity contribution in [2.75, 3.05) is 24.2 Å². The minimum Gasteiger partial charge on any atom is -0.383 e. The van der Waals surface area contributed by atoms with Crippen molar-refractivity contribution in [3.05, 3.63) is 28.8 Å². The number of halogens is 1. The summed E-state index contributed by atoms with van der Waals surface area (Å²) in [5.41, 5.74) is 1.07. The summed E-state index contributed by atoms with van der Waals surface area (Å²) in [6.45, 7) is 2.24. The maximum atomic E-state index is 11.2. The summed E-state index contributed by atoms with van der Waals surface area (Å²) in [6, 6.07) is 6.93. The minimum absolute atomic E-state index is 0.0530. The van der Waals surface area contributed by atoms with Crippen LogP contribution in [0, 0.1) is 11.3 Å². The Morgan fingerprint density at radius 3 is 2.72 bits per heavy atom. The van der Waals surface area contributed by atoms with Gasteiger partial charge in [0.2, 0.25) is 10.0 Å². The maximum Gasteiger partial charge on any atom is 0.211 e. The Labute approximate surface area is 112 Å². The Balaban J connectivity index is 2.53. The average molecular weight is 288 g/mol. The lowest BCUT2D eigenvalue weighted by atomic mass is 10.2. The Morgan fingerprint density at radius 2 is 2.11 bits per heavy atom. The van der Waals surface area contributed by atoms with Gasteiger partial charge in [0.1, 0.15) is 6.07 Å². The van der Waals surface area contributed by atoms with Gasteiger partial charge in [-0.2, -0.15) is 5.26 Å². The highest BCUT2D eigenvalue weighted by atomic mass is 35.5. The van der Waals surface area contributed by atoms with Crippen molar-refractivity contribution in [3.8, 4) is 6.07 Å². The third-order valence-corrected chi connectivity index (χ3v) is 3.88. The van der Waals surface area contributed by atoms with Crippen LogP contribution in [0.5, 0.6) is 0 Å². The number of hydrogen-bond acceptors (Lipinski definition) is 4. The van der Waals surface area contributed by atoms with Crippen LogP contribution in [0.1, 0.15) is 12.5 Å². The number of nitriles is 1. The van der Waals surface area contributed by atoms with Gasteiger partial charge in [-0.25, -0.2) is 13.1 Å². The molecule has 0 saturated heterocycles. The number of anilines is 1. The number of benzene rings is 1. The molecule has 0 radical (unpaired) electrons. The van der Waals surface area contributed by atoms with Crippen LogP contribution in [0.2, 0.25) is 5.02 Å². The summed E-state index contributed by atoms with van der Waals surface area (Å²) in [4.78, 5) is 0. The van der Waals surface area contributed by atoms with E-state index in [1.807, 2.05) is 6.07 Å². The van der Waals surface area contributed by atoms with E-state index in [4.69, 9.17) is 16.9 Å². The van der Waals surface area contributed by atoms with Crippen molar-refractivity contribution < 1.29 is 8.42 Å². The Hall–Kier alpha value is -1.29. The van der Waals surface area contributed by atoms with E-state index in [2.05, 4.69) is 10.0 Å². The molecule has 0 fully saturated rings. The molecule has 98 valence electrons. The lowest BCUT2D eigenvalue weighted by molar-refractivity contribution is 0.584. The van der Waals surface area contributed by atoms with Gasteiger partial charge in [0.05, 0.1) is 17.0 Å². The summed E-state index contributed by atoms with van der Waals surface area (Å²) in [5.74, 6) is 0.0530.